The van der Waals surface area contributed by atoms with Gasteiger partial charge in [-0.05, 0) is 30.7 Å². The van der Waals surface area contributed by atoms with Gasteiger partial charge >= 0.3 is 0 Å². The molecular weight excluding hydrogens is 280 g/mol. The van der Waals surface area contributed by atoms with E-state index in [1.807, 2.05) is 0 Å². The second kappa shape index (κ2) is 5.54. The van der Waals surface area contributed by atoms with E-state index in [-0.39, 0.29) is 22.5 Å². The summed E-state index contributed by atoms with van der Waals surface area (Å²) in [5.74, 6) is -1.16. The van der Waals surface area contributed by atoms with Crippen molar-refractivity contribution in [1.29, 1.82) is 0 Å². The molecule has 2 rings (SSSR count). The van der Waals surface area contributed by atoms with Crippen molar-refractivity contribution in [1.82, 2.24) is 0 Å². The lowest BCUT2D eigenvalue weighted by Gasteiger charge is -2.25. The van der Waals surface area contributed by atoms with Crippen molar-refractivity contribution < 1.29 is 13.9 Å². The zero-order valence-corrected chi connectivity index (χ0v) is 11.6. The van der Waals surface area contributed by atoms with Crippen molar-refractivity contribution in [2.45, 2.75) is 18.9 Å². The van der Waals surface area contributed by atoms with Crippen LogP contribution in [0.3, 0.4) is 0 Å². The standard InChI is InChI=1S/C15H12BClF2O/c1-15(20,11-4-3-10(16)7-13(11)18)8-9-2-5-12(17)14(19)6-9/h2-7,20H,8H2,1H3. The molecule has 2 aromatic carbocycles. The number of aliphatic hydroxyl groups is 1. The number of hydrogen-bond donors (Lipinski definition) is 1. The maximum absolute atomic E-state index is 13.9. The van der Waals surface area contributed by atoms with E-state index in [1.54, 1.807) is 6.07 Å². The molecular formula is C15H12BClF2O. The Morgan fingerprint density at radius 1 is 1.15 bits per heavy atom. The monoisotopic (exact) mass is 292 g/mol. The minimum atomic E-state index is -1.47. The molecule has 0 bridgehead atoms. The smallest absolute Gasteiger partial charge is 0.142 e. The first kappa shape index (κ1) is 15.0. The quantitative estimate of drug-likeness (QED) is 0.863. The van der Waals surface area contributed by atoms with Gasteiger partial charge in [-0.3, -0.25) is 0 Å². The van der Waals surface area contributed by atoms with Gasteiger partial charge in [0.05, 0.1) is 10.6 Å². The molecule has 0 saturated heterocycles. The molecule has 1 nitrogen and oxygen atoms in total. The zero-order valence-electron chi connectivity index (χ0n) is 10.8. The molecule has 2 aromatic rings. The molecule has 0 heterocycles. The first-order valence-electron chi connectivity index (χ1n) is 6.01. The van der Waals surface area contributed by atoms with Crippen LogP contribution in [0, 0.1) is 11.6 Å². The zero-order chi connectivity index (χ0) is 14.9. The number of halogens is 3. The van der Waals surface area contributed by atoms with Gasteiger partial charge < -0.3 is 5.11 Å². The SMILES string of the molecule is [B]c1ccc(C(C)(O)Cc2ccc(Cl)c(F)c2)c(F)c1. The molecule has 2 radical (unpaired) electrons. The fourth-order valence-electron chi connectivity index (χ4n) is 2.11. The van der Waals surface area contributed by atoms with Gasteiger partial charge in [0.15, 0.2) is 0 Å². The molecule has 1 atom stereocenters. The van der Waals surface area contributed by atoms with Crippen molar-refractivity contribution in [3.63, 3.8) is 0 Å². The average Bonchev–Trinajstić information content (AvgIpc) is 2.33. The predicted molar refractivity (Wildman–Crippen MR) is 76.5 cm³/mol. The lowest BCUT2D eigenvalue weighted by molar-refractivity contribution is 0.0538. The van der Waals surface area contributed by atoms with Gasteiger partial charge in [-0.1, -0.05) is 35.3 Å². The molecule has 0 fully saturated rings. The molecule has 1 N–H and O–H groups in total. The molecule has 0 aromatic heterocycles. The van der Waals surface area contributed by atoms with Crippen LogP contribution in [-0.2, 0) is 12.0 Å². The Morgan fingerprint density at radius 2 is 1.85 bits per heavy atom. The third kappa shape index (κ3) is 3.19. The Kier molecular flexibility index (Phi) is 4.16. The summed E-state index contributed by atoms with van der Waals surface area (Å²) >= 11 is 5.60. The summed E-state index contributed by atoms with van der Waals surface area (Å²) < 4.78 is 27.2. The van der Waals surface area contributed by atoms with Crippen LogP contribution in [0.25, 0.3) is 0 Å². The Hall–Kier alpha value is -1.39. The number of hydrogen-bond acceptors (Lipinski definition) is 1. The van der Waals surface area contributed by atoms with Crippen molar-refractivity contribution in [2.75, 3.05) is 0 Å². The molecule has 0 aliphatic carbocycles. The highest BCUT2D eigenvalue weighted by Crippen LogP contribution is 2.28. The molecule has 0 spiro atoms. The molecule has 1 unspecified atom stereocenters. The first-order valence-corrected chi connectivity index (χ1v) is 6.39. The molecule has 20 heavy (non-hydrogen) atoms. The van der Waals surface area contributed by atoms with Gasteiger partial charge in [-0.2, -0.15) is 0 Å². The van der Waals surface area contributed by atoms with Crippen LogP contribution in [0.1, 0.15) is 18.1 Å². The Morgan fingerprint density at radius 3 is 2.45 bits per heavy atom. The van der Waals surface area contributed by atoms with Gasteiger partial charge in [0.2, 0.25) is 0 Å². The van der Waals surface area contributed by atoms with E-state index in [2.05, 4.69) is 0 Å². The summed E-state index contributed by atoms with van der Waals surface area (Å²) in [5.41, 5.74) is -0.562. The van der Waals surface area contributed by atoms with E-state index >= 15 is 0 Å². The highest BCUT2D eigenvalue weighted by molar-refractivity contribution is 6.32. The lowest BCUT2D eigenvalue weighted by atomic mass is 9.86. The normalized spacial score (nSPS) is 14.1. The molecule has 102 valence electrons. The predicted octanol–water partition coefficient (Wildman–Crippen LogP) is 2.86. The molecule has 5 heteroatoms. The van der Waals surface area contributed by atoms with Crippen molar-refractivity contribution in [3.05, 3.63) is 64.2 Å². The summed E-state index contributed by atoms with van der Waals surface area (Å²) in [6, 6.07) is 8.31. The lowest BCUT2D eigenvalue weighted by Crippen LogP contribution is -2.26. The van der Waals surface area contributed by atoms with E-state index in [1.165, 1.54) is 31.2 Å². The van der Waals surface area contributed by atoms with E-state index in [4.69, 9.17) is 19.4 Å². The molecule has 0 aliphatic heterocycles. The maximum atomic E-state index is 13.9. The highest BCUT2D eigenvalue weighted by Gasteiger charge is 2.27. The first-order chi connectivity index (χ1) is 9.29. The van der Waals surface area contributed by atoms with Crippen LogP contribution in [0.15, 0.2) is 36.4 Å². The van der Waals surface area contributed by atoms with Gasteiger partial charge in [0, 0.05) is 12.0 Å². The van der Waals surface area contributed by atoms with Crippen LogP contribution < -0.4 is 5.46 Å². The molecule has 0 aliphatic rings. The van der Waals surface area contributed by atoms with E-state index < -0.39 is 17.2 Å². The highest BCUT2D eigenvalue weighted by atomic mass is 35.5. The van der Waals surface area contributed by atoms with E-state index in [0.717, 1.165) is 6.07 Å². The summed E-state index contributed by atoms with van der Waals surface area (Å²) in [6.07, 6.45) is 0.0575. The third-order valence-corrected chi connectivity index (χ3v) is 3.41. The van der Waals surface area contributed by atoms with Crippen molar-refractivity contribution in [2.24, 2.45) is 0 Å². The van der Waals surface area contributed by atoms with Crippen LogP contribution >= 0.6 is 11.6 Å². The topological polar surface area (TPSA) is 20.2 Å². The van der Waals surface area contributed by atoms with Gasteiger partial charge in [-0.25, -0.2) is 8.78 Å². The Labute approximate surface area is 122 Å². The second-order valence-corrected chi connectivity index (χ2v) is 5.35. The summed E-state index contributed by atoms with van der Waals surface area (Å²) in [6.45, 7) is 1.47. The summed E-state index contributed by atoms with van der Waals surface area (Å²) in [7, 11) is 5.47. The Balaban J connectivity index is 2.32. The second-order valence-electron chi connectivity index (χ2n) is 4.94. The fourth-order valence-corrected chi connectivity index (χ4v) is 2.23. The average molecular weight is 293 g/mol. The fraction of sp³-hybridized carbons (Fsp3) is 0.200. The summed E-state index contributed by atoms with van der Waals surface area (Å²) in [4.78, 5) is 0. The van der Waals surface area contributed by atoms with Crippen molar-refractivity contribution >= 4 is 24.9 Å². The number of benzene rings is 2. The van der Waals surface area contributed by atoms with Crippen LogP contribution in [0.2, 0.25) is 5.02 Å². The van der Waals surface area contributed by atoms with Gasteiger partial charge in [0.1, 0.15) is 19.5 Å². The van der Waals surface area contributed by atoms with Crippen LogP contribution in [0.4, 0.5) is 8.78 Å². The van der Waals surface area contributed by atoms with Crippen LogP contribution in [0.5, 0.6) is 0 Å². The van der Waals surface area contributed by atoms with E-state index in [0.29, 0.717) is 5.56 Å². The minimum absolute atomic E-state index is 0.00654. The summed E-state index contributed by atoms with van der Waals surface area (Å²) in [5, 5.41) is 10.4. The minimum Gasteiger partial charge on any atom is -0.385 e. The Bertz CT molecular complexity index is 644. The van der Waals surface area contributed by atoms with Gasteiger partial charge in [-0.15, -0.1) is 0 Å². The number of rotatable bonds is 3. The van der Waals surface area contributed by atoms with Crippen LogP contribution in [-0.4, -0.2) is 13.0 Å². The third-order valence-electron chi connectivity index (χ3n) is 3.11. The van der Waals surface area contributed by atoms with E-state index in [9.17, 15) is 13.9 Å². The molecule has 0 saturated carbocycles. The maximum Gasteiger partial charge on any atom is 0.142 e. The van der Waals surface area contributed by atoms with Gasteiger partial charge in [0.25, 0.3) is 0 Å². The molecule has 0 amide bonds. The van der Waals surface area contributed by atoms with Crippen molar-refractivity contribution in [3.8, 4) is 0 Å². The largest absolute Gasteiger partial charge is 0.385 e.